The quantitative estimate of drug-likeness (QED) is 0.496. The molecule has 0 aromatic carbocycles. The lowest BCUT2D eigenvalue weighted by molar-refractivity contribution is 0.0919. The molecule has 2 unspecified atom stereocenters. The number of nitrogens with two attached hydrogens (primary N) is 1. The molecule has 1 aromatic rings. The van der Waals surface area contributed by atoms with E-state index >= 15 is 0 Å². The number of carbonyl (C=O) groups is 1. The highest BCUT2D eigenvalue weighted by molar-refractivity contribution is 5.92. The molecule has 1 aliphatic heterocycles. The van der Waals surface area contributed by atoms with Crippen LogP contribution < -0.4 is 11.3 Å². The molecule has 5 heteroatoms. The van der Waals surface area contributed by atoms with E-state index in [0.29, 0.717) is 17.8 Å². The summed E-state index contributed by atoms with van der Waals surface area (Å²) in [6.45, 7) is 7.09. The Hall–Kier alpha value is -1.33. The minimum atomic E-state index is -0.370. The van der Waals surface area contributed by atoms with Crippen LogP contribution in [0.25, 0.3) is 0 Å². The molecular formula is C14H23N3O2. The summed E-state index contributed by atoms with van der Waals surface area (Å²) in [6.07, 6.45) is 3.63. The van der Waals surface area contributed by atoms with Crippen molar-refractivity contribution in [2.75, 3.05) is 0 Å². The molecule has 106 valence electrons. The maximum absolute atomic E-state index is 11.5. The molecule has 0 radical (unpaired) electrons. The molecule has 1 amide bonds. The molecule has 1 aliphatic rings. The van der Waals surface area contributed by atoms with Crippen LogP contribution in [0, 0.1) is 6.92 Å². The number of hydrazine groups is 1. The number of aryl methyl sites for hydroxylation is 1. The number of hydrogen-bond donors (Lipinski definition) is 2. The summed E-state index contributed by atoms with van der Waals surface area (Å²) in [7, 11) is 0. The van der Waals surface area contributed by atoms with Crippen molar-refractivity contribution in [2.24, 2.45) is 5.84 Å². The summed E-state index contributed by atoms with van der Waals surface area (Å²) < 4.78 is 5.64. The zero-order valence-corrected chi connectivity index (χ0v) is 11.9. The van der Waals surface area contributed by atoms with Gasteiger partial charge in [0.1, 0.15) is 5.76 Å². The molecule has 2 atom stereocenters. The molecule has 1 fully saturated rings. The summed E-state index contributed by atoms with van der Waals surface area (Å²) in [6, 6.07) is 3.12. The van der Waals surface area contributed by atoms with E-state index in [1.54, 1.807) is 0 Å². The van der Waals surface area contributed by atoms with Crippen molar-refractivity contribution < 1.29 is 9.21 Å². The van der Waals surface area contributed by atoms with Gasteiger partial charge in [0.25, 0.3) is 0 Å². The van der Waals surface area contributed by atoms with Crippen molar-refractivity contribution in [3.63, 3.8) is 0 Å². The lowest BCUT2D eigenvalue weighted by Gasteiger charge is -2.26. The van der Waals surface area contributed by atoms with Crippen molar-refractivity contribution in [1.29, 1.82) is 0 Å². The molecule has 3 N–H and O–H groups in total. The number of hydrogen-bond acceptors (Lipinski definition) is 4. The lowest BCUT2D eigenvalue weighted by atomic mass is 10.1. The van der Waals surface area contributed by atoms with E-state index in [-0.39, 0.29) is 5.91 Å². The van der Waals surface area contributed by atoms with Gasteiger partial charge in [0.05, 0.1) is 6.54 Å². The monoisotopic (exact) mass is 265 g/mol. The van der Waals surface area contributed by atoms with Gasteiger partial charge in [0.15, 0.2) is 5.76 Å². The van der Waals surface area contributed by atoms with Crippen molar-refractivity contribution in [3.8, 4) is 0 Å². The van der Waals surface area contributed by atoms with Crippen LogP contribution >= 0.6 is 0 Å². The molecule has 2 heterocycles. The Morgan fingerprint density at radius 2 is 2.32 bits per heavy atom. The Bertz CT molecular complexity index is 456. The normalized spacial score (nSPS) is 23.8. The Labute approximate surface area is 114 Å². The van der Waals surface area contributed by atoms with Crippen LogP contribution in [0.3, 0.4) is 0 Å². The number of nitrogen functional groups attached to an aromatic ring is 1. The van der Waals surface area contributed by atoms with Crippen molar-refractivity contribution >= 4 is 5.91 Å². The van der Waals surface area contributed by atoms with E-state index < -0.39 is 0 Å². The topological polar surface area (TPSA) is 71.5 Å². The Morgan fingerprint density at radius 1 is 1.58 bits per heavy atom. The average Bonchev–Trinajstić information content (AvgIpc) is 2.93. The van der Waals surface area contributed by atoms with Gasteiger partial charge in [-0.1, -0.05) is 6.92 Å². The first-order valence-electron chi connectivity index (χ1n) is 6.92. The Morgan fingerprint density at radius 3 is 2.95 bits per heavy atom. The first kappa shape index (κ1) is 14.1. The number of furan rings is 1. The number of likely N-dealkylation sites (tertiary alicyclic amines) is 1. The first-order valence-corrected chi connectivity index (χ1v) is 6.92. The van der Waals surface area contributed by atoms with Crippen LogP contribution in [0.15, 0.2) is 10.5 Å². The van der Waals surface area contributed by atoms with E-state index in [9.17, 15) is 4.79 Å². The second kappa shape index (κ2) is 5.75. The number of rotatable bonds is 4. The Kier molecular flexibility index (Phi) is 4.27. The third kappa shape index (κ3) is 2.82. The predicted octanol–water partition coefficient (Wildman–Crippen LogP) is 1.95. The van der Waals surface area contributed by atoms with E-state index in [1.807, 2.05) is 13.0 Å². The molecule has 1 aromatic heterocycles. The first-order chi connectivity index (χ1) is 9.06. The van der Waals surface area contributed by atoms with Crippen molar-refractivity contribution in [1.82, 2.24) is 10.3 Å². The van der Waals surface area contributed by atoms with Gasteiger partial charge in [-0.3, -0.25) is 15.1 Å². The van der Waals surface area contributed by atoms with Crippen LogP contribution in [0.4, 0.5) is 0 Å². The van der Waals surface area contributed by atoms with Crippen molar-refractivity contribution in [2.45, 2.75) is 58.7 Å². The zero-order valence-electron chi connectivity index (χ0n) is 11.9. The van der Waals surface area contributed by atoms with E-state index in [2.05, 4.69) is 24.2 Å². The van der Waals surface area contributed by atoms with Gasteiger partial charge >= 0.3 is 5.91 Å². The van der Waals surface area contributed by atoms with Crippen LogP contribution in [-0.2, 0) is 6.54 Å². The molecule has 19 heavy (non-hydrogen) atoms. The van der Waals surface area contributed by atoms with Gasteiger partial charge in [-0.05, 0) is 39.2 Å². The molecule has 0 saturated carbocycles. The molecule has 0 spiro atoms. The van der Waals surface area contributed by atoms with Gasteiger partial charge in [0, 0.05) is 17.6 Å². The van der Waals surface area contributed by atoms with Crippen LogP contribution in [0.1, 0.15) is 55.0 Å². The van der Waals surface area contributed by atoms with Crippen LogP contribution in [0.5, 0.6) is 0 Å². The molecule has 5 nitrogen and oxygen atoms in total. The predicted molar refractivity (Wildman–Crippen MR) is 73.4 cm³/mol. The molecular weight excluding hydrogens is 242 g/mol. The van der Waals surface area contributed by atoms with Crippen molar-refractivity contribution in [3.05, 3.63) is 23.2 Å². The van der Waals surface area contributed by atoms with Gasteiger partial charge in [0.2, 0.25) is 0 Å². The highest BCUT2D eigenvalue weighted by atomic mass is 16.4. The summed E-state index contributed by atoms with van der Waals surface area (Å²) in [5.41, 5.74) is 2.94. The maximum atomic E-state index is 11.5. The molecule has 1 saturated heterocycles. The van der Waals surface area contributed by atoms with E-state index in [0.717, 1.165) is 24.3 Å². The second-order valence-electron chi connectivity index (χ2n) is 5.36. The van der Waals surface area contributed by atoms with Gasteiger partial charge in [-0.25, -0.2) is 5.84 Å². The van der Waals surface area contributed by atoms with E-state index in [1.165, 1.54) is 12.8 Å². The summed E-state index contributed by atoms with van der Waals surface area (Å²) in [5, 5.41) is 0. The van der Waals surface area contributed by atoms with E-state index in [4.69, 9.17) is 10.3 Å². The number of nitrogens with zero attached hydrogens (tertiary/aromatic N) is 1. The lowest BCUT2D eigenvalue weighted by Crippen LogP contribution is -2.33. The summed E-state index contributed by atoms with van der Waals surface area (Å²) >= 11 is 0. The second-order valence-corrected chi connectivity index (χ2v) is 5.36. The van der Waals surface area contributed by atoms with Gasteiger partial charge in [-0.2, -0.15) is 0 Å². The molecule has 2 rings (SSSR count). The average molecular weight is 265 g/mol. The summed E-state index contributed by atoms with van der Waals surface area (Å²) in [4.78, 5) is 14.0. The number of carbonyl (C=O) groups excluding carboxylic acids is 1. The fourth-order valence-electron chi connectivity index (χ4n) is 2.95. The largest absolute Gasteiger partial charge is 0.454 e. The number of amides is 1. The standard InChI is InChI=1S/C14H23N3O2/c1-4-11-6-5-10(3)17(11)8-12-7-9(2)13(19-12)14(18)16-15/h7,10-11H,4-6,8,15H2,1-3H3,(H,16,18). The molecule has 0 aliphatic carbocycles. The highest BCUT2D eigenvalue weighted by Crippen LogP contribution is 2.28. The third-order valence-corrected chi connectivity index (χ3v) is 4.07. The minimum absolute atomic E-state index is 0.317. The smallest absolute Gasteiger partial charge is 0.301 e. The minimum Gasteiger partial charge on any atom is -0.454 e. The maximum Gasteiger partial charge on any atom is 0.301 e. The molecule has 0 bridgehead atoms. The fourth-order valence-corrected chi connectivity index (χ4v) is 2.95. The number of nitrogens with one attached hydrogen (secondary N) is 1. The van der Waals surface area contributed by atoms with Crippen LogP contribution in [0.2, 0.25) is 0 Å². The van der Waals surface area contributed by atoms with Crippen LogP contribution in [-0.4, -0.2) is 22.9 Å². The fraction of sp³-hybridized carbons (Fsp3) is 0.643. The highest BCUT2D eigenvalue weighted by Gasteiger charge is 2.30. The third-order valence-electron chi connectivity index (χ3n) is 4.07. The zero-order chi connectivity index (χ0) is 14.0. The Balaban J connectivity index is 2.13. The SMILES string of the molecule is CCC1CCC(C)N1Cc1cc(C)c(C(=O)NN)o1. The van der Waals surface area contributed by atoms with Gasteiger partial charge < -0.3 is 4.42 Å². The summed E-state index contributed by atoms with van der Waals surface area (Å²) in [5.74, 6) is 5.92. The van der Waals surface area contributed by atoms with Gasteiger partial charge in [-0.15, -0.1) is 0 Å².